The van der Waals surface area contributed by atoms with Crippen LogP contribution in [-0.4, -0.2) is 22.8 Å². The van der Waals surface area contributed by atoms with E-state index in [9.17, 15) is 18.0 Å². The second-order valence-corrected chi connectivity index (χ2v) is 3.64. The second-order valence-electron chi connectivity index (χ2n) is 2.56. The van der Waals surface area contributed by atoms with Crippen LogP contribution in [0.1, 0.15) is 6.42 Å². The molecule has 0 atom stereocenters. The third kappa shape index (κ3) is 4.06. The van der Waals surface area contributed by atoms with Gasteiger partial charge in [-0.05, 0) is 22.6 Å². The fraction of sp³-hybridized carbons (Fsp3) is 0.429. The van der Waals surface area contributed by atoms with Gasteiger partial charge in [0.2, 0.25) is 5.88 Å². The van der Waals surface area contributed by atoms with Crippen LogP contribution in [0, 0.1) is 3.57 Å². The smallest absolute Gasteiger partial charge is 0.392 e. The molecule has 0 aliphatic rings. The maximum absolute atomic E-state index is 11.8. The fourth-order valence-electron chi connectivity index (χ4n) is 0.731. The van der Waals surface area contributed by atoms with Crippen molar-refractivity contribution in [3.8, 4) is 5.88 Å². The van der Waals surface area contributed by atoms with Gasteiger partial charge >= 0.3 is 6.18 Å². The lowest BCUT2D eigenvalue weighted by Gasteiger charge is -2.08. The van der Waals surface area contributed by atoms with Crippen LogP contribution in [0.15, 0.2) is 11.1 Å². The van der Waals surface area contributed by atoms with Gasteiger partial charge in [-0.1, -0.05) is 0 Å². The van der Waals surface area contributed by atoms with E-state index < -0.39 is 24.8 Å². The van der Waals surface area contributed by atoms with Gasteiger partial charge in [0, 0.05) is 0 Å². The van der Waals surface area contributed by atoms with E-state index in [1.807, 2.05) is 0 Å². The predicted molar refractivity (Wildman–Crippen MR) is 53.7 cm³/mol. The van der Waals surface area contributed by atoms with E-state index in [1.165, 1.54) is 0 Å². The number of halogens is 4. The van der Waals surface area contributed by atoms with Crippen molar-refractivity contribution in [3.05, 3.63) is 20.3 Å². The molecule has 0 fully saturated rings. The molecule has 0 saturated heterocycles. The van der Waals surface area contributed by atoms with E-state index in [1.54, 1.807) is 22.6 Å². The van der Waals surface area contributed by atoms with Crippen LogP contribution < -0.4 is 10.3 Å². The summed E-state index contributed by atoms with van der Waals surface area (Å²) in [6.45, 7) is -0.546. The predicted octanol–water partition coefficient (Wildman–Crippen LogP) is 1.71. The number of rotatable bonds is 3. The average Bonchev–Trinajstić information content (AvgIpc) is 2.10. The Morgan fingerprint density at radius 2 is 2.20 bits per heavy atom. The van der Waals surface area contributed by atoms with Crippen molar-refractivity contribution in [2.24, 2.45) is 0 Å². The number of nitrogens with one attached hydrogen (secondary N) is 1. The highest BCUT2D eigenvalue weighted by molar-refractivity contribution is 14.1. The summed E-state index contributed by atoms with van der Waals surface area (Å²) in [7, 11) is 0. The molecule has 84 valence electrons. The van der Waals surface area contributed by atoms with Gasteiger partial charge in [-0.25, -0.2) is 4.98 Å². The number of nitrogens with zero attached hydrogens (tertiary/aromatic N) is 1. The average molecular weight is 334 g/mol. The van der Waals surface area contributed by atoms with Crippen molar-refractivity contribution in [3.63, 3.8) is 0 Å². The summed E-state index contributed by atoms with van der Waals surface area (Å²) in [5, 5.41) is 0. The lowest BCUT2D eigenvalue weighted by atomic mass is 10.4. The zero-order valence-corrected chi connectivity index (χ0v) is 9.42. The summed E-state index contributed by atoms with van der Waals surface area (Å²) in [6.07, 6.45) is -4.27. The number of alkyl halides is 3. The highest BCUT2D eigenvalue weighted by Gasteiger charge is 2.27. The molecule has 0 aliphatic carbocycles. The molecule has 0 aliphatic heterocycles. The lowest BCUT2D eigenvalue weighted by Crippen LogP contribution is -2.17. The van der Waals surface area contributed by atoms with Crippen LogP contribution in [0.4, 0.5) is 13.2 Å². The van der Waals surface area contributed by atoms with Crippen molar-refractivity contribution in [1.82, 2.24) is 9.97 Å². The molecule has 8 heteroatoms. The molecule has 0 saturated carbocycles. The lowest BCUT2D eigenvalue weighted by molar-refractivity contribution is -0.139. The molecular formula is C7H6F3IN2O2. The zero-order valence-electron chi connectivity index (χ0n) is 7.27. The normalized spacial score (nSPS) is 11.5. The van der Waals surface area contributed by atoms with Crippen molar-refractivity contribution in [2.75, 3.05) is 6.61 Å². The minimum atomic E-state index is -4.27. The van der Waals surface area contributed by atoms with E-state index in [2.05, 4.69) is 9.97 Å². The molecule has 1 heterocycles. The summed E-state index contributed by atoms with van der Waals surface area (Å²) in [5.74, 6) is -0.0800. The van der Waals surface area contributed by atoms with E-state index in [4.69, 9.17) is 4.74 Å². The summed E-state index contributed by atoms with van der Waals surface area (Å²) in [6, 6.07) is 0. The Morgan fingerprint density at radius 1 is 1.53 bits per heavy atom. The highest BCUT2D eigenvalue weighted by Crippen LogP contribution is 2.20. The molecule has 1 rings (SSSR count). The molecule has 1 N–H and O–H groups in total. The van der Waals surface area contributed by atoms with Crippen LogP contribution in [0.25, 0.3) is 0 Å². The minimum Gasteiger partial charge on any atom is -0.476 e. The topological polar surface area (TPSA) is 55.0 Å². The van der Waals surface area contributed by atoms with Gasteiger partial charge < -0.3 is 9.72 Å². The van der Waals surface area contributed by atoms with Crippen molar-refractivity contribution >= 4 is 22.6 Å². The van der Waals surface area contributed by atoms with Gasteiger partial charge in [0.15, 0.2) is 0 Å². The maximum Gasteiger partial charge on any atom is 0.392 e. The second kappa shape index (κ2) is 4.81. The number of H-pyrrole nitrogens is 1. The fourth-order valence-corrected chi connectivity index (χ4v) is 1.18. The van der Waals surface area contributed by atoms with E-state index >= 15 is 0 Å². The molecule has 4 nitrogen and oxygen atoms in total. The molecular weight excluding hydrogens is 328 g/mol. The molecule has 1 aromatic rings. The van der Waals surface area contributed by atoms with Gasteiger partial charge in [0.05, 0.1) is 19.4 Å². The standard InChI is InChI=1S/C7H6F3IN2O2/c8-7(9,10)1-2-15-6-4(11)5(14)12-3-13-6/h3H,1-2H2,(H,12,13,14). The first-order valence-corrected chi connectivity index (χ1v) is 4.91. The van der Waals surface area contributed by atoms with Gasteiger partial charge in [-0.3, -0.25) is 4.79 Å². The number of hydrogen-bond acceptors (Lipinski definition) is 3. The van der Waals surface area contributed by atoms with Crippen LogP contribution in [0.3, 0.4) is 0 Å². The quantitative estimate of drug-likeness (QED) is 0.857. The van der Waals surface area contributed by atoms with E-state index in [-0.39, 0.29) is 9.45 Å². The first-order chi connectivity index (χ1) is 6.90. The largest absolute Gasteiger partial charge is 0.476 e. The number of aromatic amines is 1. The van der Waals surface area contributed by atoms with Crippen molar-refractivity contribution in [1.29, 1.82) is 0 Å². The zero-order chi connectivity index (χ0) is 11.5. The summed E-state index contributed by atoms with van der Waals surface area (Å²) < 4.78 is 40.2. The Bertz CT molecular complexity index is 391. The first-order valence-electron chi connectivity index (χ1n) is 3.83. The molecule has 0 unspecified atom stereocenters. The van der Waals surface area contributed by atoms with Gasteiger partial charge in [0.25, 0.3) is 5.56 Å². The summed E-state index contributed by atoms with van der Waals surface area (Å²) in [5.41, 5.74) is -0.437. The first kappa shape index (κ1) is 12.3. The SMILES string of the molecule is O=c1[nH]cnc(OCCC(F)(F)F)c1I. The van der Waals surface area contributed by atoms with Crippen LogP contribution in [-0.2, 0) is 0 Å². The van der Waals surface area contributed by atoms with Crippen molar-refractivity contribution < 1.29 is 17.9 Å². The minimum absolute atomic E-state index is 0.0800. The van der Waals surface area contributed by atoms with E-state index in [0.29, 0.717) is 0 Å². The maximum atomic E-state index is 11.8. The monoisotopic (exact) mass is 334 g/mol. The van der Waals surface area contributed by atoms with E-state index in [0.717, 1.165) is 6.33 Å². The molecule has 0 bridgehead atoms. The third-order valence-electron chi connectivity index (χ3n) is 1.39. The van der Waals surface area contributed by atoms with Crippen LogP contribution in [0.2, 0.25) is 0 Å². The Hall–Kier alpha value is -0.800. The Kier molecular flexibility index (Phi) is 3.94. The molecule has 0 aromatic carbocycles. The van der Waals surface area contributed by atoms with Crippen LogP contribution >= 0.6 is 22.6 Å². The molecule has 15 heavy (non-hydrogen) atoms. The number of hydrogen-bond donors (Lipinski definition) is 1. The number of ether oxygens (including phenoxy) is 1. The third-order valence-corrected chi connectivity index (χ3v) is 2.34. The highest BCUT2D eigenvalue weighted by atomic mass is 127. The summed E-state index contributed by atoms with van der Waals surface area (Å²) >= 11 is 1.65. The van der Waals surface area contributed by atoms with Gasteiger partial charge in [-0.2, -0.15) is 13.2 Å². The van der Waals surface area contributed by atoms with Crippen LogP contribution in [0.5, 0.6) is 5.88 Å². The summed E-state index contributed by atoms with van der Waals surface area (Å²) in [4.78, 5) is 16.9. The van der Waals surface area contributed by atoms with Gasteiger partial charge in [-0.15, -0.1) is 0 Å². The molecule has 0 amide bonds. The molecule has 1 aromatic heterocycles. The molecule has 0 radical (unpaired) electrons. The van der Waals surface area contributed by atoms with Crippen molar-refractivity contribution in [2.45, 2.75) is 12.6 Å². The number of aromatic nitrogens is 2. The van der Waals surface area contributed by atoms with Gasteiger partial charge in [0.1, 0.15) is 3.57 Å². The Balaban J connectivity index is 2.59. The Labute approximate surface area is 96.0 Å². The Morgan fingerprint density at radius 3 is 2.80 bits per heavy atom. The molecule has 0 spiro atoms.